The van der Waals surface area contributed by atoms with Crippen LogP contribution in [0.15, 0.2) is 48.8 Å². The molecule has 1 aliphatic rings. The molecule has 0 atom stereocenters. The number of aryl methyl sites for hydroxylation is 2. The van der Waals surface area contributed by atoms with E-state index in [9.17, 15) is 9.59 Å². The zero-order chi connectivity index (χ0) is 21.6. The normalized spacial score (nSPS) is 14.0. The number of nitrogens with zero attached hydrogens (tertiary/aromatic N) is 3. The molecular weight excluding hydrogens is 394 g/mol. The minimum Gasteiger partial charge on any atom is -0.465 e. The predicted molar refractivity (Wildman–Crippen MR) is 117 cm³/mol. The summed E-state index contributed by atoms with van der Waals surface area (Å²) in [5.74, 6) is -0.290. The number of esters is 1. The first-order chi connectivity index (χ1) is 15.2. The van der Waals surface area contributed by atoms with Gasteiger partial charge in [0.2, 0.25) is 0 Å². The number of morpholine rings is 1. The molecule has 0 N–H and O–H groups in total. The molecule has 0 saturated carbocycles. The minimum atomic E-state index is -0.302. The highest BCUT2D eigenvalue weighted by molar-refractivity contribution is 6.05. The average molecular weight is 421 g/mol. The standard InChI is InChI=1S/C24H27N3O4/c1-30-24(29)19-9-3-2-7-18(19)8-4-5-12-27-17-20(22-21(27)10-6-11-25-22)23(28)26-13-15-31-16-14-26/h2-3,6-7,9-11,17H,4-5,8,12-16H2,1H3. The van der Waals surface area contributed by atoms with E-state index >= 15 is 0 Å². The molecule has 162 valence electrons. The van der Waals surface area contributed by atoms with Crippen molar-refractivity contribution in [2.24, 2.45) is 0 Å². The first-order valence-electron chi connectivity index (χ1n) is 10.7. The van der Waals surface area contributed by atoms with Gasteiger partial charge in [0.05, 0.1) is 37.0 Å². The molecule has 0 bridgehead atoms. The van der Waals surface area contributed by atoms with Crippen LogP contribution in [-0.2, 0) is 22.4 Å². The number of aromatic nitrogens is 2. The van der Waals surface area contributed by atoms with E-state index in [0.29, 0.717) is 37.4 Å². The highest BCUT2D eigenvalue weighted by Gasteiger charge is 2.23. The Morgan fingerprint density at radius 2 is 1.87 bits per heavy atom. The maximum absolute atomic E-state index is 13.0. The van der Waals surface area contributed by atoms with Crippen LogP contribution in [0.5, 0.6) is 0 Å². The summed E-state index contributed by atoms with van der Waals surface area (Å²) in [6.45, 7) is 3.14. The number of ether oxygens (including phenoxy) is 2. The lowest BCUT2D eigenvalue weighted by Gasteiger charge is -2.26. The highest BCUT2D eigenvalue weighted by atomic mass is 16.5. The van der Waals surface area contributed by atoms with E-state index in [1.807, 2.05) is 41.4 Å². The monoisotopic (exact) mass is 421 g/mol. The van der Waals surface area contributed by atoms with Crippen LogP contribution < -0.4 is 0 Å². The van der Waals surface area contributed by atoms with Gasteiger partial charge >= 0.3 is 5.97 Å². The summed E-state index contributed by atoms with van der Waals surface area (Å²) in [6.07, 6.45) is 6.28. The summed E-state index contributed by atoms with van der Waals surface area (Å²) < 4.78 is 12.4. The van der Waals surface area contributed by atoms with Gasteiger partial charge in [-0.15, -0.1) is 0 Å². The number of benzene rings is 1. The number of methoxy groups -OCH3 is 1. The maximum Gasteiger partial charge on any atom is 0.338 e. The Labute approximate surface area is 181 Å². The van der Waals surface area contributed by atoms with E-state index in [0.717, 1.165) is 42.4 Å². The third-order valence-electron chi connectivity index (χ3n) is 5.68. The molecule has 0 unspecified atom stereocenters. The third-order valence-corrected chi connectivity index (χ3v) is 5.68. The van der Waals surface area contributed by atoms with Crippen molar-refractivity contribution in [2.75, 3.05) is 33.4 Å². The molecule has 1 amide bonds. The van der Waals surface area contributed by atoms with Crippen molar-refractivity contribution < 1.29 is 19.1 Å². The number of carbonyl (C=O) groups is 2. The quantitative estimate of drug-likeness (QED) is 0.432. The van der Waals surface area contributed by atoms with Gasteiger partial charge in [-0.25, -0.2) is 4.79 Å². The van der Waals surface area contributed by atoms with Crippen molar-refractivity contribution in [1.29, 1.82) is 0 Å². The average Bonchev–Trinajstić information content (AvgIpc) is 3.20. The van der Waals surface area contributed by atoms with Crippen LogP contribution in [0.3, 0.4) is 0 Å². The van der Waals surface area contributed by atoms with Crippen molar-refractivity contribution in [2.45, 2.75) is 25.8 Å². The van der Waals surface area contributed by atoms with Crippen molar-refractivity contribution in [3.63, 3.8) is 0 Å². The molecule has 0 aliphatic carbocycles. The van der Waals surface area contributed by atoms with Crippen molar-refractivity contribution in [3.05, 3.63) is 65.5 Å². The number of unbranched alkanes of at least 4 members (excludes halogenated alkanes) is 1. The summed E-state index contributed by atoms with van der Waals surface area (Å²) in [5, 5.41) is 0. The third kappa shape index (κ3) is 4.61. The van der Waals surface area contributed by atoms with E-state index in [2.05, 4.69) is 9.55 Å². The van der Waals surface area contributed by atoms with Crippen LogP contribution in [-0.4, -0.2) is 59.7 Å². The summed E-state index contributed by atoms with van der Waals surface area (Å²) >= 11 is 0. The van der Waals surface area contributed by atoms with E-state index < -0.39 is 0 Å². The highest BCUT2D eigenvalue weighted by Crippen LogP contribution is 2.22. The first kappa shape index (κ1) is 21.1. The number of carbonyl (C=O) groups excluding carboxylic acids is 2. The maximum atomic E-state index is 13.0. The lowest BCUT2D eigenvalue weighted by Crippen LogP contribution is -2.40. The minimum absolute atomic E-state index is 0.0118. The second kappa shape index (κ2) is 9.75. The topological polar surface area (TPSA) is 73.7 Å². The Kier molecular flexibility index (Phi) is 6.62. The van der Waals surface area contributed by atoms with Gasteiger partial charge in [-0.3, -0.25) is 9.78 Å². The van der Waals surface area contributed by atoms with Crippen LogP contribution in [0.2, 0.25) is 0 Å². The summed E-state index contributed by atoms with van der Waals surface area (Å²) in [4.78, 5) is 31.3. The Morgan fingerprint density at radius 3 is 2.68 bits per heavy atom. The van der Waals surface area contributed by atoms with Gasteiger partial charge in [0.15, 0.2) is 0 Å². The van der Waals surface area contributed by atoms with Gasteiger partial charge in [0.1, 0.15) is 5.52 Å². The fraction of sp³-hybridized carbons (Fsp3) is 0.375. The van der Waals surface area contributed by atoms with Crippen molar-refractivity contribution in [3.8, 4) is 0 Å². The zero-order valence-corrected chi connectivity index (χ0v) is 17.8. The fourth-order valence-electron chi connectivity index (χ4n) is 4.05. The number of amides is 1. The molecule has 1 fully saturated rings. The number of hydrogen-bond acceptors (Lipinski definition) is 5. The molecule has 3 heterocycles. The molecule has 0 radical (unpaired) electrons. The molecule has 7 nitrogen and oxygen atoms in total. The van der Waals surface area contributed by atoms with Crippen LogP contribution >= 0.6 is 0 Å². The lowest BCUT2D eigenvalue weighted by atomic mass is 10.0. The number of hydrogen-bond donors (Lipinski definition) is 0. The predicted octanol–water partition coefficient (Wildman–Crippen LogP) is 3.32. The van der Waals surface area contributed by atoms with Gasteiger partial charge in [0, 0.05) is 32.0 Å². The second-order valence-corrected chi connectivity index (χ2v) is 7.62. The molecular formula is C24H27N3O4. The number of pyridine rings is 1. The first-order valence-corrected chi connectivity index (χ1v) is 10.7. The van der Waals surface area contributed by atoms with Gasteiger partial charge < -0.3 is 18.9 Å². The molecule has 2 aromatic heterocycles. The summed E-state index contributed by atoms with van der Waals surface area (Å²) in [5.41, 5.74) is 3.98. The van der Waals surface area contributed by atoms with Gasteiger partial charge in [-0.1, -0.05) is 18.2 Å². The molecule has 31 heavy (non-hydrogen) atoms. The van der Waals surface area contributed by atoms with E-state index in [1.165, 1.54) is 7.11 Å². The van der Waals surface area contributed by atoms with Gasteiger partial charge in [0.25, 0.3) is 5.91 Å². The van der Waals surface area contributed by atoms with Crippen LogP contribution in [0.25, 0.3) is 11.0 Å². The molecule has 1 saturated heterocycles. The van der Waals surface area contributed by atoms with Crippen LogP contribution in [0.4, 0.5) is 0 Å². The Balaban J connectivity index is 1.45. The molecule has 3 aromatic rings. The number of fused-ring (bicyclic) bond motifs is 1. The van der Waals surface area contributed by atoms with E-state index in [4.69, 9.17) is 9.47 Å². The Bertz CT molecular complexity index is 1070. The Morgan fingerprint density at radius 1 is 1.06 bits per heavy atom. The summed E-state index contributed by atoms with van der Waals surface area (Å²) in [7, 11) is 1.40. The lowest BCUT2D eigenvalue weighted by molar-refractivity contribution is 0.0304. The largest absolute Gasteiger partial charge is 0.465 e. The molecule has 1 aliphatic heterocycles. The fourth-order valence-corrected chi connectivity index (χ4v) is 4.05. The zero-order valence-electron chi connectivity index (χ0n) is 17.8. The second-order valence-electron chi connectivity index (χ2n) is 7.62. The Hall–Kier alpha value is -3.19. The number of rotatable bonds is 7. The van der Waals surface area contributed by atoms with Gasteiger partial charge in [-0.05, 0) is 43.0 Å². The smallest absolute Gasteiger partial charge is 0.338 e. The SMILES string of the molecule is COC(=O)c1ccccc1CCCCn1cc(C(=O)N2CCOCC2)c2ncccc21. The van der Waals surface area contributed by atoms with E-state index in [1.54, 1.807) is 12.3 Å². The molecule has 7 heteroatoms. The van der Waals surface area contributed by atoms with Crippen molar-refractivity contribution >= 4 is 22.9 Å². The van der Waals surface area contributed by atoms with Crippen molar-refractivity contribution in [1.82, 2.24) is 14.5 Å². The molecule has 0 spiro atoms. The van der Waals surface area contributed by atoms with E-state index in [-0.39, 0.29) is 11.9 Å². The van der Waals surface area contributed by atoms with Crippen LogP contribution in [0.1, 0.15) is 39.1 Å². The van der Waals surface area contributed by atoms with Crippen LogP contribution in [0, 0.1) is 0 Å². The molecule has 1 aromatic carbocycles. The van der Waals surface area contributed by atoms with Gasteiger partial charge in [-0.2, -0.15) is 0 Å². The molecule has 4 rings (SSSR count). The summed E-state index contributed by atoms with van der Waals surface area (Å²) in [6, 6.07) is 11.5.